The topological polar surface area (TPSA) is 178 Å². The molecule has 0 radical (unpaired) electrons. The van der Waals surface area contributed by atoms with Crippen LogP contribution in [0.2, 0.25) is 0 Å². The molecule has 1 atom stereocenters. The Morgan fingerprint density at radius 1 is 0.909 bits per heavy atom. The van der Waals surface area contributed by atoms with Crippen LogP contribution < -0.4 is 16.0 Å². The number of anilines is 1. The lowest BCUT2D eigenvalue weighted by Crippen LogP contribution is -2.43. The molecule has 0 spiro atoms. The predicted octanol–water partition coefficient (Wildman–Crippen LogP) is 3.60. The van der Waals surface area contributed by atoms with Crippen LogP contribution in [0.25, 0.3) is 0 Å². The van der Waals surface area contributed by atoms with E-state index in [-0.39, 0.29) is 28.4 Å². The molecule has 1 saturated heterocycles. The first-order valence-electron chi connectivity index (χ1n) is 18.5. The second-order valence-corrected chi connectivity index (χ2v) is 14.2. The van der Waals surface area contributed by atoms with Crippen LogP contribution in [0, 0.1) is 0 Å². The fourth-order valence-electron chi connectivity index (χ4n) is 5.71. The monoisotopic (exact) mass is 784 g/mol. The summed E-state index contributed by atoms with van der Waals surface area (Å²) in [6.45, 7) is 12.3. The van der Waals surface area contributed by atoms with Gasteiger partial charge in [0.25, 0.3) is 11.8 Å². The summed E-state index contributed by atoms with van der Waals surface area (Å²) in [5.41, 5.74) is 2.58. The molecule has 1 aliphatic heterocycles. The first kappa shape index (κ1) is 44.9. The Labute approximate surface area is 325 Å². The van der Waals surface area contributed by atoms with E-state index >= 15 is 0 Å². The van der Waals surface area contributed by atoms with Crippen molar-refractivity contribution in [3.05, 3.63) is 89.2 Å². The average Bonchev–Trinajstić information content (AvgIpc) is 3.22. The van der Waals surface area contributed by atoms with Crippen molar-refractivity contribution in [2.45, 2.75) is 38.1 Å². The Hall–Kier alpha value is -4.45. The van der Waals surface area contributed by atoms with Crippen molar-refractivity contribution in [2.75, 3.05) is 98.4 Å². The summed E-state index contributed by atoms with van der Waals surface area (Å²) in [5, 5.41) is 8.91. The van der Waals surface area contributed by atoms with Gasteiger partial charge < -0.3 is 34.9 Å². The number of carbonyl (C=O) groups is 3. The summed E-state index contributed by atoms with van der Waals surface area (Å²) in [6, 6.07) is 17.8. The van der Waals surface area contributed by atoms with Crippen LogP contribution in [-0.2, 0) is 29.0 Å². The molecule has 15 nitrogen and oxygen atoms in total. The number of hydrogen-bond acceptors (Lipinski definition) is 12. The van der Waals surface area contributed by atoms with Crippen molar-refractivity contribution in [3.63, 3.8) is 0 Å². The number of pyridine rings is 1. The zero-order chi connectivity index (χ0) is 40.1. The zero-order valence-electron chi connectivity index (χ0n) is 32.5. The summed E-state index contributed by atoms with van der Waals surface area (Å²) in [4.78, 5) is 43.1. The average molecular weight is 785 g/mol. The maximum atomic E-state index is 12.8. The lowest BCUT2D eigenvalue weighted by Gasteiger charge is -2.34. The van der Waals surface area contributed by atoms with Crippen molar-refractivity contribution in [2.24, 2.45) is 0 Å². The largest absolute Gasteiger partial charge is 0.465 e. The molecule has 0 bridgehead atoms. The fourth-order valence-corrected chi connectivity index (χ4v) is 7.20. The van der Waals surface area contributed by atoms with E-state index in [0.717, 1.165) is 18.7 Å². The van der Waals surface area contributed by atoms with Gasteiger partial charge in [0.05, 0.1) is 49.0 Å². The Morgan fingerprint density at radius 3 is 2.25 bits per heavy atom. The van der Waals surface area contributed by atoms with E-state index in [2.05, 4.69) is 42.7 Å². The molecule has 16 heteroatoms. The van der Waals surface area contributed by atoms with E-state index < -0.39 is 16.0 Å². The number of aromatic nitrogens is 1. The van der Waals surface area contributed by atoms with Crippen LogP contribution >= 0.6 is 0 Å². The van der Waals surface area contributed by atoms with Gasteiger partial charge in [0.2, 0.25) is 10.0 Å². The van der Waals surface area contributed by atoms with Crippen molar-refractivity contribution in [1.29, 1.82) is 0 Å². The Balaban J connectivity index is 0.000000295. The number of esters is 1. The molecule has 302 valence electrons. The van der Waals surface area contributed by atoms with Gasteiger partial charge in [0.15, 0.2) is 0 Å². The van der Waals surface area contributed by atoms with Crippen molar-refractivity contribution in [3.8, 4) is 0 Å². The molecule has 2 heterocycles. The molecule has 0 aliphatic carbocycles. The van der Waals surface area contributed by atoms with E-state index in [9.17, 15) is 22.8 Å². The summed E-state index contributed by atoms with van der Waals surface area (Å²) < 4.78 is 47.4. The van der Waals surface area contributed by atoms with Crippen molar-refractivity contribution >= 4 is 33.5 Å². The van der Waals surface area contributed by atoms with Gasteiger partial charge in [-0.05, 0) is 49.2 Å². The summed E-state index contributed by atoms with van der Waals surface area (Å²) in [6.07, 6.45) is 2.03. The van der Waals surface area contributed by atoms with Gasteiger partial charge in [0.1, 0.15) is 5.69 Å². The predicted molar refractivity (Wildman–Crippen MR) is 210 cm³/mol. The van der Waals surface area contributed by atoms with E-state index in [4.69, 9.17) is 14.2 Å². The molecule has 2 amide bonds. The number of ether oxygens (including phenoxy) is 4. The van der Waals surface area contributed by atoms with Gasteiger partial charge in [-0.1, -0.05) is 44.2 Å². The van der Waals surface area contributed by atoms with Gasteiger partial charge in [0, 0.05) is 78.0 Å². The number of carbonyl (C=O) groups excluding carboxylic acids is 3. The standard InChI is InChI=1S/C20H23N3O4.C19H33N3O5S/c1-26-20(25)16-7-8-17(21-13-16)19(24)22-14-18(15-5-3-2-4-6-15)23-9-11-27-12-10-23;1-5-22(6-2)28(24,25)16-9-10-18(20-12-14-26-4)17(15-16)19(23)21-11-8-13-27-7-3/h2-8,13,18H,9-12,14H2,1H3,(H,22,24);9-10,15,20H,5-8,11-14H2,1-4H3,(H,21,23). The molecular weight excluding hydrogens is 729 g/mol. The molecule has 3 N–H and O–H groups in total. The highest BCUT2D eigenvalue weighted by molar-refractivity contribution is 7.89. The highest BCUT2D eigenvalue weighted by Crippen LogP contribution is 2.24. The second kappa shape index (κ2) is 24.1. The minimum Gasteiger partial charge on any atom is -0.465 e. The smallest absolute Gasteiger partial charge is 0.339 e. The van der Waals surface area contributed by atoms with Crippen LogP contribution in [0.1, 0.15) is 70.0 Å². The Morgan fingerprint density at radius 2 is 1.64 bits per heavy atom. The highest BCUT2D eigenvalue weighted by atomic mass is 32.2. The lowest BCUT2D eigenvalue weighted by molar-refractivity contribution is 0.0162. The second-order valence-electron chi connectivity index (χ2n) is 12.2. The number of benzene rings is 2. The molecule has 1 aromatic heterocycles. The van der Waals surface area contributed by atoms with Gasteiger partial charge >= 0.3 is 5.97 Å². The molecule has 3 aromatic rings. The van der Waals surface area contributed by atoms with Gasteiger partial charge in [-0.25, -0.2) is 13.2 Å². The number of nitrogens with one attached hydrogen (secondary N) is 3. The van der Waals surface area contributed by atoms with Crippen LogP contribution in [0.4, 0.5) is 5.69 Å². The minimum atomic E-state index is -3.65. The molecule has 0 saturated carbocycles. The molecular formula is C39H56N6O9S. The summed E-state index contributed by atoms with van der Waals surface area (Å²) in [7, 11) is -0.756. The number of sulfonamides is 1. The molecule has 1 fully saturated rings. The minimum absolute atomic E-state index is 0.0633. The van der Waals surface area contributed by atoms with Gasteiger partial charge in [-0.2, -0.15) is 4.31 Å². The summed E-state index contributed by atoms with van der Waals surface area (Å²) in [5.74, 6) is -1.08. The number of hydrogen-bond donors (Lipinski definition) is 3. The maximum Gasteiger partial charge on any atom is 0.339 e. The SMILES string of the molecule is CCOCCCNC(=O)c1cc(S(=O)(=O)N(CC)CC)ccc1NCCOC.COC(=O)c1ccc(C(=O)NCC(c2ccccc2)N2CCOCC2)nc1. The first-order valence-corrected chi connectivity index (χ1v) is 20.0. The van der Waals surface area contributed by atoms with Crippen molar-refractivity contribution in [1.82, 2.24) is 24.8 Å². The number of nitrogens with zero attached hydrogens (tertiary/aromatic N) is 3. The first-order chi connectivity index (χ1) is 26.6. The van der Waals surface area contributed by atoms with Crippen LogP contribution in [0.15, 0.2) is 71.8 Å². The van der Waals surface area contributed by atoms with Crippen LogP contribution in [0.3, 0.4) is 0 Å². The Bertz CT molecular complexity index is 1720. The lowest BCUT2D eigenvalue weighted by atomic mass is 10.0. The molecule has 55 heavy (non-hydrogen) atoms. The van der Waals surface area contributed by atoms with Crippen molar-refractivity contribution < 1.29 is 41.7 Å². The van der Waals surface area contributed by atoms with E-state index in [1.165, 1.54) is 41.9 Å². The van der Waals surface area contributed by atoms with E-state index in [0.29, 0.717) is 89.0 Å². The van der Waals surface area contributed by atoms with Gasteiger partial charge in [-0.3, -0.25) is 19.5 Å². The Kier molecular flexibility index (Phi) is 19.7. The quantitative estimate of drug-likeness (QED) is 0.112. The van der Waals surface area contributed by atoms with E-state index in [1.807, 2.05) is 25.1 Å². The molecule has 1 unspecified atom stereocenters. The zero-order valence-corrected chi connectivity index (χ0v) is 33.4. The molecule has 1 aliphatic rings. The van der Waals surface area contributed by atoms with Crippen LogP contribution in [-0.4, -0.2) is 133 Å². The molecule has 2 aromatic carbocycles. The van der Waals surface area contributed by atoms with Gasteiger partial charge in [-0.15, -0.1) is 0 Å². The number of morpholine rings is 1. The highest BCUT2D eigenvalue weighted by Gasteiger charge is 2.25. The van der Waals surface area contributed by atoms with E-state index in [1.54, 1.807) is 27.0 Å². The third-order valence-corrected chi connectivity index (χ3v) is 10.7. The van der Waals surface area contributed by atoms with Crippen LogP contribution in [0.5, 0.6) is 0 Å². The third kappa shape index (κ3) is 14.0. The third-order valence-electron chi connectivity index (χ3n) is 8.70. The molecule has 4 rings (SSSR count). The normalized spacial score (nSPS) is 13.6. The number of amides is 2. The number of rotatable bonds is 20. The summed E-state index contributed by atoms with van der Waals surface area (Å²) >= 11 is 0. The fraction of sp³-hybridized carbons (Fsp3) is 0.487. The maximum absolute atomic E-state index is 12.8. The number of methoxy groups -OCH3 is 2.